The van der Waals surface area contributed by atoms with E-state index in [2.05, 4.69) is 30.8 Å². The largest absolute Gasteiger partial charge is 0.383 e. The standard InChI is InChI=1S/C20H20ClN5OS/c1-27-12-11-26-19(18(24-20(26)28)15-5-2-3-9-22-15)16-6-4-10-25(16)17-8-7-14(21)13-23-17/h2-10,13,18-19H,11-12H2,1H3,(H,24,28)/t18-,19+/m0/s1. The van der Waals surface area contributed by atoms with Crippen LogP contribution in [-0.4, -0.2) is 44.8 Å². The number of pyridine rings is 2. The summed E-state index contributed by atoms with van der Waals surface area (Å²) in [6.45, 7) is 1.25. The van der Waals surface area contributed by atoms with Crippen LogP contribution in [0.3, 0.4) is 0 Å². The number of hydrogen-bond acceptors (Lipinski definition) is 4. The van der Waals surface area contributed by atoms with Crippen molar-refractivity contribution in [3.8, 4) is 5.82 Å². The van der Waals surface area contributed by atoms with Gasteiger partial charge in [-0.25, -0.2) is 4.98 Å². The van der Waals surface area contributed by atoms with Gasteiger partial charge in [0.1, 0.15) is 5.82 Å². The molecule has 3 aromatic heterocycles. The molecule has 144 valence electrons. The quantitative estimate of drug-likeness (QED) is 0.624. The van der Waals surface area contributed by atoms with Crippen LogP contribution in [0.5, 0.6) is 0 Å². The third kappa shape index (κ3) is 3.61. The first-order valence-corrected chi connectivity index (χ1v) is 9.74. The summed E-state index contributed by atoms with van der Waals surface area (Å²) in [5, 5.41) is 4.73. The Morgan fingerprint density at radius 2 is 2.07 bits per heavy atom. The molecule has 0 spiro atoms. The van der Waals surface area contributed by atoms with Crippen LogP contribution in [0.1, 0.15) is 23.5 Å². The lowest BCUT2D eigenvalue weighted by Gasteiger charge is -2.28. The van der Waals surface area contributed by atoms with Crippen molar-refractivity contribution in [3.63, 3.8) is 0 Å². The Bertz CT molecular complexity index is 947. The van der Waals surface area contributed by atoms with E-state index in [1.807, 2.05) is 42.6 Å². The molecule has 1 aliphatic heterocycles. The first-order chi connectivity index (χ1) is 13.7. The van der Waals surface area contributed by atoms with E-state index in [0.29, 0.717) is 23.3 Å². The number of aromatic nitrogens is 3. The van der Waals surface area contributed by atoms with E-state index in [-0.39, 0.29) is 12.1 Å². The van der Waals surface area contributed by atoms with Crippen molar-refractivity contribution in [2.75, 3.05) is 20.3 Å². The Labute approximate surface area is 174 Å². The highest BCUT2D eigenvalue weighted by Crippen LogP contribution is 2.39. The molecule has 3 aromatic rings. The highest BCUT2D eigenvalue weighted by atomic mass is 35.5. The van der Waals surface area contributed by atoms with Crippen molar-refractivity contribution in [1.82, 2.24) is 24.8 Å². The van der Waals surface area contributed by atoms with E-state index in [4.69, 9.17) is 28.6 Å². The van der Waals surface area contributed by atoms with Gasteiger partial charge in [-0.15, -0.1) is 0 Å². The zero-order valence-electron chi connectivity index (χ0n) is 15.3. The molecule has 8 heteroatoms. The van der Waals surface area contributed by atoms with Gasteiger partial charge in [0, 0.05) is 37.9 Å². The van der Waals surface area contributed by atoms with Crippen molar-refractivity contribution in [3.05, 3.63) is 77.5 Å². The zero-order chi connectivity index (χ0) is 19.5. The smallest absolute Gasteiger partial charge is 0.170 e. The van der Waals surface area contributed by atoms with E-state index in [9.17, 15) is 0 Å². The van der Waals surface area contributed by atoms with Crippen LogP contribution < -0.4 is 5.32 Å². The zero-order valence-corrected chi connectivity index (χ0v) is 16.9. The van der Waals surface area contributed by atoms with Crippen LogP contribution in [0.15, 0.2) is 61.1 Å². The monoisotopic (exact) mass is 413 g/mol. The van der Waals surface area contributed by atoms with Gasteiger partial charge in [-0.3, -0.25) is 4.98 Å². The van der Waals surface area contributed by atoms with Gasteiger partial charge in [-0.2, -0.15) is 0 Å². The Balaban J connectivity index is 1.78. The first-order valence-electron chi connectivity index (χ1n) is 8.95. The molecule has 4 heterocycles. The molecule has 2 atom stereocenters. The normalized spacial score (nSPS) is 19.1. The first kappa shape index (κ1) is 18.9. The minimum atomic E-state index is -0.0773. The molecule has 1 saturated heterocycles. The van der Waals surface area contributed by atoms with Crippen LogP contribution in [0.4, 0.5) is 0 Å². The van der Waals surface area contributed by atoms with Gasteiger partial charge in [-0.1, -0.05) is 17.7 Å². The van der Waals surface area contributed by atoms with Crippen molar-refractivity contribution in [2.45, 2.75) is 12.1 Å². The number of halogens is 1. The van der Waals surface area contributed by atoms with Crippen LogP contribution >= 0.6 is 23.8 Å². The average Bonchev–Trinajstić information content (AvgIpc) is 3.32. The second-order valence-corrected chi connectivity index (χ2v) is 7.27. The summed E-state index contributed by atoms with van der Waals surface area (Å²) in [6, 6.07) is 13.6. The molecule has 1 fully saturated rings. The summed E-state index contributed by atoms with van der Waals surface area (Å²) in [4.78, 5) is 11.2. The van der Waals surface area contributed by atoms with Crippen LogP contribution in [0, 0.1) is 0 Å². The third-order valence-corrected chi connectivity index (χ3v) is 5.35. The Kier molecular flexibility index (Phi) is 5.57. The molecule has 1 N–H and O–H groups in total. The molecule has 0 aromatic carbocycles. The fraction of sp³-hybridized carbons (Fsp3) is 0.250. The predicted molar refractivity (Wildman–Crippen MR) is 113 cm³/mol. The Morgan fingerprint density at radius 3 is 2.79 bits per heavy atom. The van der Waals surface area contributed by atoms with Crippen LogP contribution in [-0.2, 0) is 4.74 Å². The lowest BCUT2D eigenvalue weighted by Crippen LogP contribution is -2.33. The van der Waals surface area contributed by atoms with E-state index < -0.39 is 0 Å². The number of thiocarbonyl (C=S) groups is 1. The highest BCUT2D eigenvalue weighted by molar-refractivity contribution is 7.80. The molecular formula is C20H20ClN5OS. The number of nitrogens with one attached hydrogen (secondary N) is 1. The minimum Gasteiger partial charge on any atom is -0.383 e. The van der Waals surface area contributed by atoms with Gasteiger partial charge in [0.15, 0.2) is 5.11 Å². The van der Waals surface area contributed by atoms with E-state index in [1.165, 1.54) is 0 Å². The van der Waals surface area contributed by atoms with Crippen molar-refractivity contribution >= 4 is 28.9 Å². The lowest BCUT2D eigenvalue weighted by atomic mass is 10.0. The van der Waals surface area contributed by atoms with E-state index in [0.717, 1.165) is 17.2 Å². The van der Waals surface area contributed by atoms with Gasteiger partial charge in [0.05, 0.1) is 29.4 Å². The summed E-state index contributed by atoms with van der Waals surface area (Å²) in [5.74, 6) is 0.800. The van der Waals surface area contributed by atoms with Crippen molar-refractivity contribution in [1.29, 1.82) is 0 Å². The van der Waals surface area contributed by atoms with E-state index >= 15 is 0 Å². The SMILES string of the molecule is COCCN1C(=S)N[C@@H](c2ccccn2)[C@H]1c1cccn1-c1ccc(Cl)cn1. The molecule has 0 amide bonds. The number of hydrogen-bond donors (Lipinski definition) is 1. The lowest BCUT2D eigenvalue weighted by molar-refractivity contribution is 0.163. The summed E-state index contributed by atoms with van der Waals surface area (Å²) in [6.07, 6.45) is 5.45. The van der Waals surface area contributed by atoms with Gasteiger partial charge in [0.2, 0.25) is 0 Å². The molecule has 4 rings (SSSR count). The second-order valence-electron chi connectivity index (χ2n) is 6.45. The molecule has 0 saturated carbocycles. The Morgan fingerprint density at radius 1 is 1.18 bits per heavy atom. The number of rotatable bonds is 6. The summed E-state index contributed by atoms with van der Waals surface area (Å²) in [7, 11) is 1.69. The maximum Gasteiger partial charge on any atom is 0.170 e. The maximum absolute atomic E-state index is 6.01. The highest BCUT2D eigenvalue weighted by Gasteiger charge is 2.41. The fourth-order valence-electron chi connectivity index (χ4n) is 3.51. The predicted octanol–water partition coefficient (Wildman–Crippen LogP) is 3.54. The molecule has 28 heavy (non-hydrogen) atoms. The average molecular weight is 414 g/mol. The number of ether oxygens (including phenoxy) is 1. The molecule has 0 radical (unpaired) electrons. The van der Waals surface area contributed by atoms with Gasteiger partial charge >= 0.3 is 0 Å². The third-order valence-electron chi connectivity index (χ3n) is 4.78. The molecule has 6 nitrogen and oxygen atoms in total. The van der Waals surface area contributed by atoms with Crippen LogP contribution in [0.2, 0.25) is 5.02 Å². The van der Waals surface area contributed by atoms with E-state index in [1.54, 1.807) is 19.5 Å². The molecule has 1 aliphatic rings. The van der Waals surface area contributed by atoms with Crippen LogP contribution in [0.25, 0.3) is 5.82 Å². The molecular weight excluding hydrogens is 394 g/mol. The second kappa shape index (κ2) is 8.26. The maximum atomic E-state index is 6.01. The fourth-order valence-corrected chi connectivity index (χ4v) is 3.96. The summed E-state index contributed by atoms with van der Waals surface area (Å²) in [5.41, 5.74) is 2.00. The van der Waals surface area contributed by atoms with Gasteiger partial charge in [-0.05, 0) is 48.6 Å². The topological polar surface area (TPSA) is 55.2 Å². The summed E-state index contributed by atoms with van der Waals surface area (Å²) >= 11 is 11.7. The van der Waals surface area contributed by atoms with Crippen molar-refractivity contribution < 1.29 is 4.74 Å². The van der Waals surface area contributed by atoms with Gasteiger partial charge < -0.3 is 19.5 Å². The summed E-state index contributed by atoms with van der Waals surface area (Å²) < 4.78 is 7.37. The van der Waals surface area contributed by atoms with Crippen molar-refractivity contribution in [2.24, 2.45) is 0 Å². The van der Waals surface area contributed by atoms with Gasteiger partial charge in [0.25, 0.3) is 0 Å². The Hall–Kier alpha value is -2.48. The number of methoxy groups -OCH3 is 1. The number of nitrogens with zero attached hydrogens (tertiary/aromatic N) is 4. The molecule has 0 unspecified atom stereocenters. The minimum absolute atomic E-state index is 0.0509. The molecule has 0 aliphatic carbocycles. The molecule has 0 bridgehead atoms.